The molecule has 1 aromatic carbocycles. The minimum Gasteiger partial charge on any atom is -0.359 e. The third-order valence-electron chi connectivity index (χ3n) is 2.85. The van der Waals surface area contributed by atoms with E-state index >= 15 is 0 Å². The van der Waals surface area contributed by atoms with Crippen LogP contribution in [0.3, 0.4) is 0 Å². The number of carbonyl (C=O) groups excluding carboxylic acids is 1. The maximum atomic E-state index is 11.9. The van der Waals surface area contributed by atoms with Crippen molar-refractivity contribution in [1.29, 1.82) is 0 Å². The highest BCUT2D eigenvalue weighted by atomic mass is 79.9. The highest BCUT2D eigenvalue weighted by Crippen LogP contribution is 2.34. The molecule has 1 atom stereocenters. The lowest BCUT2D eigenvalue weighted by atomic mass is 10.1. The van der Waals surface area contributed by atoms with Crippen LogP contribution in [0.5, 0.6) is 0 Å². The van der Waals surface area contributed by atoms with Crippen LogP contribution in [0, 0.1) is 0 Å². The molecule has 2 N–H and O–H groups in total. The average molecular weight is 298 g/mol. The number of nitrogens with two attached hydrogens (primary N) is 1. The van der Waals surface area contributed by atoms with Crippen molar-refractivity contribution >= 4 is 33.2 Å². The first-order valence-corrected chi connectivity index (χ1v) is 6.35. The zero-order valence-electron chi connectivity index (χ0n) is 9.98. The Bertz CT molecular complexity index is 447. The first-order valence-electron chi connectivity index (χ1n) is 5.55. The molecular formula is C12H16BrN3O. The maximum absolute atomic E-state index is 11.9. The summed E-state index contributed by atoms with van der Waals surface area (Å²) in [5.74, 6) is 0.0977. The number of amides is 1. The number of hydrogen-bond donors (Lipinski definition) is 1. The SMILES string of the molecule is CC(N)CN1CC(=O)N(C)c2ccc(Br)cc21. The number of benzene rings is 1. The Hall–Kier alpha value is -1.07. The Morgan fingerprint density at radius 2 is 2.18 bits per heavy atom. The van der Waals surface area contributed by atoms with Gasteiger partial charge in [0.2, 0.25) is 5.91 Å². The van der Waals surface area contributed by atoms with Gasteiger partial charge >= 0.3 is 0 Å². The van der Waals surface area contributed by atoms with Crippen molar-refractivity contribution < 1.29 is 4.79 Å². The summed E-state index contributed by atoms with van der Waals surface area (Å²) >= 11 is 3.46. The molecule has 1 aliphatic rings. The lowest BCUT2D eigenvalue weighted by Gasteiger charge is -2.36. The Balaban J connectivity index is 2.42. The van der Waals surface area contributed by atoms with Gasteiger partial charge in [0.25, 0.3) is 0 Å². The molecule has 1 aliphatic heterocycles. The van der Waals surface area contributed by atoms with Gasteiger partial charge < -0.3 is 15.5 Å². The molecule has 17 heavy (non-hydrogen) atoms. The van der Waals surface area contributed by atoms with Gasteiger partial charge in [0.05, 0.1) is 17.9 Å². The molecule has 0 radical (unpaired) electrons. The second kappa shape index (κ2) is 4.66. The minimum absolute atomic E-state index is 0.0398. The van der Waals surface area contributed by atoms with Crippen LogP contribution < -0.4 is 15.5 Å². The van der Waals surface area contributed by atoms with Crippen molar-refractivity contribution in [3.63, 3.8) is 0 Å². The molecule has 5 heteroatoms. The molecule has 1 unspecified atom stereocenters. The van der Waals surface area contributed by atoms with Crippen LogP contribution in [0.2, 0.25) is 0 Å². The predicted molar refractivity (Wildman–Crippen MR) is 73.4 cm³/mol. The average Bonchev–Trinajstić information content (AvgIpc) is 2.25. The smallest absolute Gasteiger partial charge is 0.246 e. The molecule has 1 heterocycles. The van der Waals surface area contributed by atoms with Crippen molar-refractivity contribution in [2.24, 2.45) is 5.73 Å². The van der Waals surface area contributed by atoms with Crippen LogP contribution in [0.15, 0.2) is 22.7 Å². The molecule has 0 aliphatic carbocycles. The van der Waals surface area contributed by atoms with Crippen LogP contribution in [0.4, 0.5) is 11.4 Å². The summed E-state index contributed by atoms with van der Waals surface area (Å²) in [4.78, 5) is 15.6. The van der Waals surface area contributed by atoms with Gasteiger partial charge in [-0.2, -0.15) is 0 Å². The molecule has 1 aromatic rings. The van der Waals surface area contributed by atoms with Crippen LogP contribution >= 0.6 is 15.9 Å². The second-order valence-electron chi connectivity index (χ2n) is 4.44. The Labute approximate surface area is 110 Å². The zero-order valence-corrected chi connectivity index (χ0v) is 11.6. The number of carbonyl (C=O) groups is 1. The summed E-state index contributed by atoms with van der Waals surface area (Å²) in [6.45, 7) is 3.02. The van der Waals surface area contributed by atoms with Crippen LogP contribution in [-0.2, 0) is 4.79 Å². The fourth-order valence-electron chi connectivity index (χ4n) is 2.03. The van der Waals surface area contributed by atoms with Gasteiger partial charge in [-0.1, -0.05) is 15.9 Å². The fourth-order valence-corrected chi connectivity index (χ4v) is 2.38. The lowest BCUT2D eigenvalue weighted by Crippen LogP contribution is -2.47. The van der Waals surface area contributed by atoms with Crippen molar-refractivity contribution in [2.75, 3.05) is 29.9 Å². The summed E-state index contributed by atoms with van der Waals surface area (Å²) in [7, 11) is 1.80. The van der Waals surface area contributed by atoms with Crippen molar-refractivity contribution in [1.82, 2.24) is 0 Å². The van der Waals surface area contributed by atoms with E-state index in [2.05, 4.69) is 15.9 Å². The number of rotatable bonds is 2. The van der Waals surface area contributed by atoms with Gasteiger partial charge in [-0.15, -0.1) is 0 Å². The Morgan fingerprint density at radius 3 is 2.82 bits per heavy atom. The predicted octanol–water partition coefficient (Wildman–Crippen LogP) is 1.58. The maximum Gasteiger partial charge on any atom is 0.246 e. The number of fused-ring (bicyclic) bond motifs is 1. The number of likely N-dealkylation sites (N-methyl/N-ethyl adjacent to an activating group) is 1. The zero-order chi connectivity index (χ0) is 12.6. The van der Waals surface area contributed by atoms with Crippen molar-refractivity contribution in [2.45, 2.75) is 13.0 Å². The van der Waals surface area contributed by atoms with Crippen LogP contribution in [-0.4, -0.2) is 32.1 Å². The number of hydrogen-bond acceptors (Lipinski definition) is 3. The van der Waals surface area contributed by atoms with E-state index < -0.39 is 0 Å². The molecule has 92 valence electrons. The van der Waals surface area contributed by atoms with E-state index in [0.29, 0.717) is 13.1 Å². The number of halogens is 1. The summed E-state index contributed by atoms with van der Waals surface area (Å²) < 4.78 is 1.01. The number of nitrogens with zero attached hydrogens (tertiary/aromatic N) is 2. The molecular weight excluding hydrogens is 282 g/mol. The van der Waals surface area contributed by atoms with Crippen LogP contribution in [0.1, 0.15) is 6.92 Å². The molecule has 1 amide bonds. The highest BCUT2D eigenvalue weighted by Gasteiger charge is 2.26. The van der Waals surface area contributed by atoms with E-state index in [1.165, 1.54) is 0 Å². The highest BCUT2D eigenvalue weighted by molar-refractivity contribution is 9.10. The van der Waals surface area contributed by atoms with E-state index in [9.17, 15) is 4.79 Å². The molecule has 0 bridgehead atoms. The number of anilines is 2. The normalized spacial score (nSPS) is 17.1. The molecule has 0 saturated heterocycles. The van der Waals surface area contributed by atoms with Crippen molar-refractivity contribution in [3.05, 3.63) is 22.7 Å². The van der Waals surface area contributed by atoms with Gasteiger partial charge in [-0.25, -0.2) is 0 Å². The van der Waals surface area contributed by atoms with E-state index in [1.54, 1.807) is 11.9 Å². The fraction of sp³-hybridized carbons (Fsp3) is 0.417. The lowest BCUT2D eigenvalue weighted by molar-refractivity contribution is -0.117. The molecule has 0 aromatic heterocycles. The summed E-state index contributed by atoms with van der Waals surface area (Å²) in [5, 5.41) is 0. The van der Waals surface area contributed by atoms with E-state index in [4.69, 9.17) is 5.73 Å². The molecule has 4 nitrogen and oxygen atoms in total. The summed E-state index contributed by atoms with van der Waals surface area (Å²) in [5.41, 5.74) is 7.81. The third-order valence-corrected chi connectivity index (χ3v) is 3.34. The first kappa shape index (κ1) is 12.4. The quantitative estimate of drug-likeness (QED) is 0.902. The van der Waals surface area contributed by atoms with Gasteiger partial charge in [-0.3, -0.25) is 4.79 Å². The largest absolute Gasteiger partial charge is 0.359 e. The van der Waals surface area contributed by atoms with Gasteiger partial charge in [-0.05, 0) is 25.1 Å². The van der Waals surface area contributed by atoms with E-state index in [-0.39, 0.29) is 11.9 Å². The topological polar surface area (TPSA) is 49.6 Å². The van der Waals surface area contributed by atoms with E-state index in [1.807, 2.05) is 30.0 Å². The third kappa shape index (κ3) is 2.45. The van der Waals surface area contributed by atoms with Gasteiger partial charge in [0.1, 0.15) is 0 Å². The van der Waals surface area contributed by atoms with E-state index in [0.717, 1.165) is 15.8 Å². The monoisotopic (exact) mass is 297 g/mol. The Kier molecular flexibility index (Phi) is 3.40. The molecule has 2 rings (SSSR count). The van der Waals surface area contributed by atoms with Crippen molar-refractivity contribution in [3.8, 4) is 0 Å². The molecule has 0 saturated carbocycles. The summed E-state index contributed by atoms with van der Waals surface area (Å²) in [6, 6.07) is 5.96. The molecule has 0 fully saturated rings. The van der Waals surface area contributed by atoms with Gasteiger partial charge in [0, 0.05) is 24.1 Å². The molecule has 0 spiro atoms. The first-order chi connectivity index (χ1) is 7.99. The Morgan fingerprint density at radius 1 is 1.47 bits per heavy atom. The standard InChI is InChI=1S/C12H16BrN3O/c1-8(14)6-16-7-12(17)15(2)10-4-3-9(13)5-11(10)16/h3-5,8H,6-7,14H2,1-2H3. The second-order valence-corrected chi connectivity index (χ2v) is 5.36. The van der Waals surface area contributed by atoms with Crippen LogP contribution in [0.25, 0.3) is 0 Å². The minimum atomic E-state index is 0.0398. The van der Waals surface area contributed by atoms with Gasteiger partial charge in [0.15, 0.2) is 0 Å². The summed E-state index contributed by atoms with van der Waals surface area (Å²) in [6.07, 6.45) is 0.